The van der Waals surface area contributed by atoms with Crippen LogP contribution in [0, 0.1) is 11.8 Å². The molecule has 0 unspecified atom stereocenters. The Morgan fingerprint density at radius 2 is 1.83 bits per heavy atom. The van der Waals surface area contributed by atoms with Gasteiger partial charge in [-0.1, -0.05) is 34.6 Å². The lowest BCUT2D eigenvalue weighted by Crippen LogP contribution is -2.38. The molecule has 0 aromatic rings. The fourth-order valence-corrected chi connectivity index (χ4v) is 2.91. The molecule has 1 fully saturated rings. The van der Waals surface area contributed by atoms with Gasteiger partial charge in [-0.15, -0.1) is 0 Å². The number of hydrogen-bond acceptors (Lipinski definition) is 2. The average molecular weight is 256 g/mol. The van der Waals surface area contributed by atoms with Crippen molar-refractivity contribution >= 4 is 0 Å². The molecule has 2 nitrogen and oxygen atoms in total. The maximum Gasteiger partial charge on any atom is 0.000767 e. The highest BCUT2D eigenvalue weighted by atomic mass is 15.1. The van der Waals surface area contributed by atoms with Crippen molar-refractivity contribution in [3.05, 3.63) is 0 Å². The minimum absolute atomic E-state index is 0. The zero-order valence-electron chi connectivity index (χ0n) is 12.4. The molecule has 18 heavy (non-hydrogen) atoms. The number of likely N-dealkylation sites (tertiary alicyclic amines) is 1. The summed E-state index contributed by atoms with van der Waals surface area (Å²) in [6.45, 7) is 13.4. The molecule has 0 spiro atoms. The van der Waals surface area contributed by atoms with E-state index in [9.17, 15) is 0 Å². The standard InChI is InChI=1S/C15H32N2.CH4/c1-5-6-9-17-10-7-15(8-11-17)13-16(4)12-14(2)3;/h14-15H,5-13H2,1-4H3;1H4. The van der Waals surface area contributed by atoms with E-state index < -0.39 is 0 Å². The molecule has 1 rings (SSSR count). The summed E-state index contributed by atoms with van der Waals surface area (Å²) in [6.07, 6.45) is 5.52. The van der Waals surface area contributed by atoms with Gasteiger partial charge in [-0.3, -0.25) is 0 Å². The Kier molecular flexibility index (Phi) is 9.76. The van der Waals surface area contributed by atoms with E-state index >= 15 is 0 Å². The van der Waals surface area contributed by atoms with Crippen molar-refractivity contribution < 1.29 is 0 Å². The molecule has 1 heterocycles. The van der Waals surface area contributed by atoms with Crippen LogP contribution in [0.3, 0.4) is 0 Å². The third-order valence-corrected chi connectivity index (χ3v) is 3.78. The maximum absolute atomic E-state index is 2.66. The van der Waals surface area contributed by atoms with Gasteiger partial charge in [-0.25, -0.2) is 0 Å². The molecular weight excluding hydrogens is 220 g/mol. The van der Waals surface area contributed by atoms with Crippen molar-refractivity contribution in [1.29, 1.82) is 0 Å². The van der Waals surface area contributed by atoms with Gasteiger partial charge < -0.3 is 9.80 Å². The predicted molar refractivity (Wildman–Crippen MR) is 83.1 cm³/mol. The summed E-state index contributed by atoms with van der Waals surface area (Å²) in [5.41, 5.74) is 0. The molecular formula is C16H36N2. The van der Waals surface area contributed by atoms with E-state index in [1.807, 2.05) is 0 Å². The van der Waals surface area contributed by atoms with Gasteiger partial charge >= 0.3 is 0 Å². The Labute approximate surface area is 116 Å². The zero-order valence-corrected chi connectivity index (χ0v) is 12.4. The molecule has 1 aliphatic heterocycles. The van der Waals surface area contributed by atoms with Crippen molar-refractivity contribution in [3.63, 3.8) is 0 Å². The number of rotatable bonds is 7. The van der Waals surface area contributed by atoms with E-state index in [4.69, 9.17) is 0 Å². The summed E-state index contributed by atoms with van der Waals surface area (Å²) in [7, 11) is 2.28. The van der Waals surface area contributed by atoms with Crippen LogP contribution in [-0.2, 0) is 0 Å². The van der Waals surface area contributed by atoms with E-state index in [1.165, 1.54) is 58.4 Å². The highest BCUT2D eigenvalue weighted by molar-refractivity contribution is 4.74. The van der Waals surface area contributed by atoms with Crippen LogP contribution in [-0.4, -0.2) is 49.6 Å². The number of hydrogen-bond donors (Lipinski definition) is 0. The molecule has 0 N–H and O–H groups in total. The molecule has 0 aromatic carbocycles. The quantitative estimate of drug-likeness (QED) is 0.685. The summed E-state index contributed by atoms with van der Waals surface area (Å²) >= 11 is 0. The zero-order chi connectivity index (χ0) is 12.7. The Balaban J connectivity index is 0.00000289. The minimum atomic E-state index is 0. The maximum atomic E-state index is 2.66. The van der Waals surface area contributed by atoms with Crippen LogP contribution in [0.15, 0.2) is 0 Å². The van der Waals surface area contributed by atoms with E-state index in [0.29, 0.717) is 0 Å². The first-order chi connectivity index (χ1) is 8.11. The Morgan fingerprint density at radius 1 is 1.22 bits per heavy atom. The average Bonchev–Trinajstić information content (AvgIpc) is 2.27. The van der Waals surface area contributed by atoms with Gasteiger partial charge in [-0.05, 0) is 57.8 Å². The summed E-state index contributed by atoms with van der Waals surface area (Å²) in [4.78, 5) is 5.18. The van der Waals surface area contributed by atoms with E-state index in [0.717, 1.165) is 11.8 Å². The molecule has 0 aromatic heterocycles. The first kappa shape index (κ1) is 17.9. The fraction of sp³-hybridized carbons (Fsp3) is 1.00. The van der Waals surface area contributed by atoms with Crippen molar-refractivity contribution in [3.8, 4) is 0 Å². The van der Waals surface area contributed by atoms with E-state index in [2.05, 4.69) is 37.6 Å². The van der Waals surface area contributed by atoms with Gasteiger partial charge in [0, 0.05) is 13.1 Å². The van der Waals surface area contributed by atoms with Crippen molar-refractivity contribution in [2.45, 2.75) is 53.9 Å². The number of piperidine rings is 1. The molecule has 1 aliphatic rings. The van der Waals surface area contributed by atoms with Crippen molar-refractivity contribution in [2.75, 3.05) is 39.8 Å². The van der Waals surface area contributed by atoms with Gasteiger partial charge in [-0.2, -0.15) is 0 Å². The van der Waals surface area contributed by atoms with Gasteiger partial charge in [0.05, 0.1) is 0 Å². The Bertz CT molecular complexity index is 184. The second kappa shape index (κ2) is 9.80. The van der Waals surface area contributed by atoms with Crippen LogP contribution in [0.2, 0.25) is 0 Å². The monoisotopic (exact) mass is 256 g/mol. The molecule has 0 radical (unpaired) electrons. The molecule has 0 aliphatic carbocycles. The second-order valence-electron chi connectivity index (χ2n) is 6.25. The van der Waals surface area contributed by atoms with Gasteiger partial charge in [0.2, 0.25) is 0 Å². The third kappa shape index (κ3) is 7.38. The molecule has 110 valence electrons. The van der Waals surface area contributed by atoms with Crippen LogP contribution in [0.4, 0.5) is 0 Å². The molecule has 1 saturated heterocycles. The first-order valence-corrected chi connectivity index (χ1v) is 7.52. The molecule has 0 amide bonds. The van der Waals surface area contributed by atoms with Crippen LogP contribution >= 0.6 is 0 Å². The van der Waals surface area contributed by atoms with Gasteiger partial charge in [0.15, 0.2) is 0 Å². The first-order valence-electron chi connectivity index (χ1n) is 7.52. The molecule has 0 atom stereocenters. The fourth-order valence-electron chi connectivity index (χ4n) is 2.91. The largest absolute Gasteiger partial charge is 0.306 e. The second-order valence-corrected chi connectivity index (χ2v) is 6.25. The highest BCUT2D eigenvalue weighted by Crippen LogP contribution is 2.18. The topological polar surface area (TPSA) is 6.48 Å². The third-order valence-electron chi connectivity index (χ3n) is 3.78. The summed E-state index contributed by atoms with van der Waals surface area (Å²) < 4.78 is 0. The predicted octanol–water partition coefficient (Wildman–Crippen LogP) is 3.72. The van der Waals surface area contributed by atoms with Gasteiger partial charge in [0.1, 0.15) is 0 Å². The Morgan fingerprint density at radius 3 is 2.33 bits per heavy atom. The summed E-state index contributed by atoms with van der Waals surface area (Å²) in [5.74, 6) is 1.74. The SMILES string of the molecule is C.CCCCN1CCC(CN(C)CC(C)C)CC1. The lowest BCUT2D eigenvalue weighted by molar-refractivity contribution is 0.148. The van der Waals surface area contributed by atoms with Gasteiger partial charge in [0.25, 0.3) is 0 Å². The van der Waals surface area contributed by atoms with E-state index in [-0.39, 0.29) is 7.43 Å². The number of unbranched alkanes of at least 4 members (excludes halogenated alkanes) is 1. The van der Waals surface area contributed by atoms with Crippen LogP contribution in [0.25, 0.3) is 0 Å². The van der Waals surface area contributed by atoms with Crippen LogP contribution in [0.5, 0.6) is 0 Å². The Hall–Kier alpha value is -0.0800. The summed E-state index contributed by atoms with van der Waals surface area (Å²) in [6, 6.07) is 0. The lowest BCUT2D eigenvalue weighted by Gasteiger charge is -2.34. The highest BCUT2D eigenvalue weighted by Gasteiger charge is 2.19. The van der Waals surface area contributed by atoms with E-state index in [1.54, 1.807) is 0 Å². The summed E-state index contributed by atoms with van der Waals surface area (Å²) in [5, 5.41) is 0. The molecule has 0 saturated carbocycles. The molecule has 2 heteroatoms. The smallest absolute Gasteiger partial charge is 0.000767 e. The van der Waals surface area contributed by atoms with Crippen molar-refractivity contribution in [1.82, 2.24) is 9.80 Å². The van der Waals surface area contributed by atoms with Crippen LogP contribution < -0.4 is 0 Å². The number of nitrogens with zero attached hydrogens (tertiary/aromatic N) is 2. The minimum Gasteiger partial charge on any atom is -0.306 e. The lowest BCUT2D eigenvalue weighted by atomic mass is 9.96. The van der Waals surface area contributed by atoms with Crippen molar-refractivity contribution in [2.24, 2.45) is 11.8 Å². The normalized spacial score (nSPS) is 18.3. The van der Waals surface area contributed by atoms with Crippen LogP contribution in [0.1, 0.15) is 53.9 Å². The molecule has 0 bridgehead atoms.